The van der Waals surface area contributed by atoms with E-state index in [1.54, 1.807) is 65.8 Å². The van der Waals surface area contributed by atoms with Gasteiger partial charge in [-0.25, -0.2) is 0 Å². The molecule has 1 fully saturated rings. The van der Waals surface area contributed by atoms with E-state index in [1.807, 2.05) is 0 Å². The van der Waals surface area contributed by atoms with Crippen molar-refractivity contribution in [3.63, 3.8) is 0 Å². The Bertz CT molecular complexity index is 1380. The summed E-state index contributed by atoms with van der Waals surface area (Å²) in [5, 5.41) is 10.6. The number of amides is 5. The van der Waals surface area contributed by atoms with E-state index in [4.69, 9.17) is 21.2 Å². The molecular formula is C34H52N5O8P. The Morgan fingerprint density at radius 3 is 1.92 bits per heavy atom. The number of rotatable bonds is 15. The molecule has 0 unspecified atom stereocenters. The van der Waals surface area contributed by atoms with Crippen LogP contribution in [0.25, 0.3) is 0 Å². The van der Waals surface area contributed by atoms with Gasteiger partial charge in [-0.2, -0.15) is 0 Å². The van der Waals surface area contributed by atoms with Crippen molar-refractivity contribution in [2.24, 2.45) is 5.73 Å². The van der Waals surface area contributed by atoms with Crippen molar-refractivity contribution in [2.75, 3.05) is 6.54 Å². The summed E-state index contributed by atoms with van der Waals surface area (Å²) in [6.45, 7) is 12.0. The first-order chi connectivity index (χ1) is 22.2. The maximum atomic E-state index is 13.8. The van der Waals surface area contributed by atoms with Crippen molar-refractivity contribution in [1.29, 1.82) is 0 Å². The fourth-order valence-corrected chi connectivity index (χ4v) is 7.96. The fourth-order valence-electron chi connectivity index (χ4n) is 5.47. The molecule has 0 aliphatic heterocycles. The van der Waals surface area contributed by atoms with Crippen LogP contribution in [0.5, 0.6) is 0 Å². The molecule has 5 amide bonds. The zero-order valence-corrected chi connectivity index (χ0v) is 30.1. The van der Waals surface area contributed by atoms with Gasteiger partial charge in [0.15, 0.2) is 0 Å². The number of nitrogens with two attached hydrogens (primary N) is 1. The minimum Gasteiger partial charge on any atom is -0.370 e. The molecule has 266 valence electrons. The average Bonchev–Trinajstić information content (AvgIpc) is 2.94. The van der Waals surface area contributed by atoms with Crippen LogP contribution >= 0.6 is 7.60 Å². The molecule has 2 rings (SSSR count). The average molecular weight is 690 g/mol. The van der Waals surface area contributed by atoms with Crippen molar-refractivity contribution in [1.82, 2.24) is 21.3 Å². The summed E-state index contributed by atoms with van der Waals surface area (Å²) in [5.74, 6) is -0.892. The monoisotopic (exact) mass is 689 g/mol. The Morgan fingerprint density at radius 1 is 0.896 bits per heavy atom. The van der Waals surface area contributed by atoms with E-state index in [0.717, 1.165) is 6.42 Å². The lowest BCUT2D eigenvalue weighted by Gasteiger charge is -2.38. The number of primary amides is 1. The Morgan fingerprint density at radius 2 is 1.44 bits per heavy atom. The summed E-state index contributed by atoms with van der Waals surface area (Å²) in [5.41, 5.74) is 3.93. The minimum atomic E-state index is -3.55. The molecule has 0 spiro atoms. The number of carbonyl (C=O) groups excluding carboxylic acids is 5. The van der Waals surface area contributed by atoms with E-state index in [9.17, 15) is 28.5 Å². The smallest absolute Gasteiger partial charge is 0.336 e. The molecule has 1 aromatic carbocycles. The molecule has 1 saturated carbocycles. The standard InChI is InChI=1S/C34H52N5O8P/c1-9-19-36-29(42)27(21-28(35)41)38-31(44)34(17-11-10-12-18-34)39-30(43)26(37-23(2)40)20-24-13-15-25(16-14-24)22-48(45,46-32(3,4)5)47-33(6,7)8/h1,13-16,26-27H,10-12,17-22H2,2-8H3,(H2,35,41)(H,36,42)(H,37,40)(H,38,44)(H,39,43)/t26-,27-/m0/s1. The first-order valence-corrected chi connectivity index (χ1v) is 17.9. The molecule has 1 aliphatic rings. The third-order valence-electron chi connectivity index (χ3n) is 7.25. The van der Waals surface area contributed by atoms with Gasteiger partial charge in [0.25, 0.3) is 0 Å². The van der Waals surface area contributed by atoms with Gasteiger partial charge < -0.3 is 36.0 Å². The quantitative estimate of drug-likeness (QED) is 0.137. The van der Waals surface area contributed by atoms with Crippen LogP contribution in [0.1, 0.15) is 98.1 Å². The van der Waals surface area contributed by atoms with Crippen LogP contribution < -0.4 is 27.0 Å². The SMILES string of the molecule is C#CCNC(=O)[C@H](CC(N)=O)NC(=O)C1(NC(=O)[C@H](Cc2ccc(CP(=O)(OC(C)(C)C)OC(C)(C)C)cc2)NC(C)=O)CCCCC1. The van der Waals surface area contributed by atoms with Gasteiger partial charge in [-0.3, -0.25) is 28.5 Å². The molecule has 0 saturated heterocycles. The van der Waals surface area contributed by atoms with E-state index >= 15 is 0 Å². The lowest BCUT2D eigenvalue weighted by molar-refractivity contribution is -0.139. The van der Waals surface area contributed by atoms with Crippen LogP contribution in [0.3, 0.4) is 0 Å². The second kappa shape index (κ2) is 17.1. The van der Waals surface area contributed by atoms with E-state index < -0.39 is 72.4 Å². The number of carbonyl (C=O) groups is 5. The summed E-state index contributed by atoms with van der Waals surface area (Å²) in [4.78, 5) is 64.0. The predicted octanol–water partition coefficient (Wildman–Crippen LogP) is 2.99. The first kappa shape index (κ1) is 40.5. The van der Waals surface area contributed by atoms with E-state index in [2.05, 4.69) is 27.2 Å². The third kappa shape index (κ3) is 13.8. The molecule has 1 aromatic rings. The summed E-state index contributed by atoms with van der Waals surface area (Å²) < 4.78 is 25.5. The summed E-state index contributed by atoms with van der Waals surface area (Å²) >= 11 is 0. The number of benzene rings is 1. The second-order valence-corrected chi connectivity index (χ2v) is 16.1. The lowest BCUT2D eigenvalue weighted by atomic mass is 9.80. The van der Waals surface area contributed by atoms with Crippen LogP contribution in [0.4, 0.5) is 0 Å². The van der Waals surface area contributed by atoms with Crippen LogP contribution in [0, 0.1) is 12.3 Å². The van der Waals surface area contributed by atoms with E-state index in [0.29, 0.717) is 24.0 Å². The summed E-state index contributed by atoms with van der Waals surface area (Å²) in [6.07, 6.45) is 7.56. The molecule has 48 heavy (non-hydrogen) atoms. The highest BCUT2D eigenvalue weighted by Gasteiger charge is 2.43. The number of hydrogen-bond acceptors (Lipinski definition) is 8. The van der Waals surface area contributed by atoms with Gasteiger partial charge in [0.1, 0.15) is 17.6 Å². The van der Waals surface area contributed by atoms with Crippen molar-refractivity contribution >= 4 is 37.1 Å². The van der Waals surface area contributed by atoms with Crippen molar-refractivity contribution < 1.29 is 37.6 Å². The summed E-state index contributed by atoms with van der Waals surface area (Å²) in [7, 11) is -3.55. The van der Waals surface area contributed by atoms with Crippen LogP contribution in [0.15, 0.2) is 24.3 Å². The summed E-state index contributed by atoms with van der Waals surface area (Å²) in [6, 6.07) is 4.73. The molecule has 2 atom stereocenters. The normalized spacial score (nSPS) is 16.0. The zero-order chi connectivity index (χ0) is 36.3. The van der Waals surface area contributed by atoms with Gasteiger partial charge in [0, 0.05) is 13.3 Å². The predicted molar refractivity (Wildman–Crippen MR) is 182 cm³/mol. The van der Waals surface area contributed by atoms with Gasteiger partial charge in [0.05, 0.1) is 30.3 Å². The molecule has 6 N–H and O–H groups in total. The van der Waals surface area contributed by atoms with Crippen molar-refractivity contribution in [3.05, 3.63) is 35.4 Å². The second-order valence-electron chi connectivity index (χ2n) is 14.2. The molecular weight excluding hydrogens is 637 g/mol. The number of terminal acetylenes is 1. The van der Waals surface area contributed by atoms with Gasteiger partial charge in [0.2, 0.25) is 29.5 Å². The first-order valence-electron chi connectivity index (χ1n) is 16.1. The topological polar surface area (TPSA) is 195 Å². The van der Waals surface area contributed by atoms with Gasteiger partial charge in [-0.05, 0) is 65.5 Å². The van der Waals surface area contributed by atoms with Crippen molar-refractivity contribution in [2.45, 2.75) is 128 Å². The lowest BCUT2D eigenvalue weighted by Crippen LogP contribution is -2.65. The zero-order valence-electron chi connectivity index (χ0n) is 29.2. The Hall–Kier alpha value is -3.72. The van der Waals surface area contributed by atoms with Gasteiger partial charge in [-0.15, -0.1) is 6.42 Å². The Kier molecular flexibility index (Phi) is 14.4. The molecule has 13 nitrogen and oxygen atoms in total. The fraction of sp³-hybridized carbons (Fsp3) is 0.618. The van der Waals surface area contributed by atoms with Crippen LogP contribution in [-0.2, 0) is 50.2 Å². The number of hydrogen-bond donors (Lipinski definition) is 5. The number of nitrogens with one attached hydrogen (secondary N) is 4. The Balaban J connectivity index is 2.29. The third-order valence-corrected chi connectivity index (χ3v) is 9.66. The van der Waals surface area contributed by atoms with Gasteiger partial charge in [-0.1, -0.05) is 49.4 Å². The largest absolute Gasteiger partial charge is 0.370 e. The van der Waals surface area contributed by atoms with E-state index in [-0.39, 0.29) is 32.0 Å². The molecule has 0 radical (unpaired) electrons. The van der Waals surface area contributed by atoms with Gasteiger partial charge >= 0.3 is 7.60 Å². The maximum absolute atomic E-state index is 13.8. The highest BCUT2D eigenvalue weighted by Crippen LogP contribution is 2.56. The van der Waals surface area contributed by atoms with Crippen LogP contribution in [0.2, 0.25) is 0 Å². The van der Waals surface area contributed by atoms with Crippen LogP contribution in [-0.4, -0.2) is 64.9 Å². The minimum absolute atomic E-state index is 0.0343. The molecule has 14 heteroatoms. The highest BCUT2D eigenvalue weighted by molar-refractivity contribution is 7.53. The Labute approximate surface area is 284 Å². The van der Waals surface area contributed by atoms with E-state index in [1.165, 1.54) is 6.92 Å². The maximum Gasteiger partial charge on any atom is 0.336 e. The molecule has 1 aliphatic carbocycles. The highest BCUT2D eigenvalue weighted by atomic mass is 31.2. The molecule has 0 aromatic heterocycles. The van der Waals surface area contributed by atoms with Crippen molar-refractivity contribution in [3.8, 4) is 12.3 Å². The molecule has 0 bridgehead atoms. The molecule has 0 heterocycles.